The van der Waals surface area contributed by atoms with E-state index in [9.17, 15) is 0 Å². The maximum absolute atomic E-state index is 3.84. The molecule has 3 aliphatic rings. The van der Waals surface area contributed by atoms with Crippen LogP contribution in [0.15, 0.2) is 0 Å². The van der Waals surface area contributed by atoms with Crippen molar-refractivity contribution in [3.8, 4) is 0 Å². The molecule has 1 N–H and O–H groups in total. The molecule has 3 fully saturated rings. The maximum atomic E-state index is 3.84. The zero-order valence-corrected chi connectivity index (χ0v) is 10.5. The molecule has 2 saturated heterocycles. The molecule has 1 saturated carbocycles. The molecule has 3 rings (SSSR count). The first-order chi connectivity index (χ1) is 7.93. The van der Waals surface area contributed by atoms with Gasteiger partial charge in [-0.05, 0) is 44.7 Å². The Morgan fingerprint density at radius 2 is 1.88 bits per heavy atom. The number of rotatable bonds is 4. The van der Waals surface area contributed by atoms with E-state index in [0.29, 0.717) is 0 Å². The summed E-state index contributed by atoms with van der Waals surface area (Å²) in [7, 11) is 0. The molecule has 1 aliphatic carbocycles. The smallest absolute Gasteiger partial charge is 0.0249 e. The summed E-state index contributed by atoms with van der Waals surface area (Å²) in [5.41, 5.74) is 0. The lowest BCUT2D eigenvalue weighted by atomic mass is 9.83. The average molecular weight is 222 g/mol. The summed E-state index contributed by atoms with van der Waals surface area (Å²) in [5.74, 6) is 1.07. The van der Waals surface area contributed by atoms with E-state index in [1.54, 1.807) is 0 Å². The fourth-order valence-electron chi connectivity index (χ4n) is 3.74. The van der Waals surface area contributed by atoms with Crippen molar-refractivity contribution in [2.45, 2.75) is 63.5 Å². The third-order valence-electron chi connectivity index (χ3n) is 5.04. The lowest BCUT2D eigenvalue weighted by molar-refractivity contribution is 0.178. The van der Waals surface area contributed by atoms with Gasteiger partial charge in [0.15, 0.2) is 0 Å². The highest BCUT2D eigenvalue weighted by molar-refractivity contribution is 4.93. The zero-order valence-electron chi connectivity index (χ0n) is 10.5. The summed E-state index contributed by atoms with van der Waals surface area (Å²) in [4.78, 5) is 2.73. The Bertz CT molecular complexity index is 225. The number of piperidine rings is 1. The minimum absolute atomic E-state index is 0.820. The number of hydrogen-bond acceptors (Lipinski definition) is 2. The highest BCUT2D eigenvalue weighted by Crippen LogP contribution is 2.30. The summed E-state index contributed by atoms with van der Waals surface area (Å²) in [6, 6.07) is 1.70. The van der Waals surface area contributed by atoms with Gasteiger partial charge in [-0.2, -0.15) is 0 Å². The van der Waals surface area contributed by atoms with Gasteiger partial charge < -0.3 is 5.32 Å². The molecule has 0 amide bonds. The molecular weight excluding hydrogens is 196 g/mol. The van der Waals surface area contributed by atoms with E-state index in [0.717, 1.165) is 18.0 Å². The number of hydrogen-bond donors (Lipinski definition) is 1. The van der Waals surface area contributed by atoms with Gasteiger partial charge in [0.25, 0.3) is 0 Å². The minimum atomic E-state index is 0.820. The molecule has 2 aliphatic heterocycles. The van der Waals surface area contributed by atoms with Gasteiger partial charge in [-0.25, -0.2) is 0 Å². The van der Waals surface area contributed by atoms with Crippen LogP contribution in [0.2, 0.25) is 0 Å². The van der Waals surface area contributed by atoms with Gasteiger partial charge >= 0.3 is 0 Å². The van der Waals surface area contributed by atoms with Crippen LogP contribution in [0.25, 0.3) is 0 Å². The Balaban J connectivity index is 1.40. The van der Waals surface area contributed by atoms with Gasteiger partial charge in [0, 0.05) is 18.6 Å². The molecule has 2 heterocycles. The highest BCUT2D eigenvalue weighted by Gasteiger charge is 2.34. The molecule has 2 unspecified atom stereocenters. The fraction of sp³-hybridized carbons (Fsp3) is 1.00. The quantitative estimate of drug-likeness (QED) is 0.786. The van der Waals surface area contributed by atoms with Crippen LogP contribution < -0.4 is 5.32 Å². The molecule has 92 valence electrons. The normalized spacial score (nSPS) is 36.0. The van der Waals surface area contributed by atoms with Crippen LogP contribution >= 0.6 is 0 Å². The van der Waals surface area contributed by atoms with Crippen molar-refractivity contribution in [2.75, 3.05) is 19.6 Å². The van der Waals surface area contributed by atoms with E-state index in [2.05, 4.69) is 10.2 Å². The van der Waals surface area contributed by atoms with E-state index in [-0.39, 0.29) is 0 Å². The molecule has 0 aromatic carbocycles. The topological polar surface area (TPSA) is 15.3 Å². The van der Waals surface area contributed by atoms with Gasteiger partial charge in [-0.1, -0.05) is 25.7 Å². The number of nitrogens with one attached hydrogen (secondary N) is 1. The number of fused-ring (bicyclic) bond motifs is 1. The molecule has 2 nitrogen and oxygen atoms in total. The van der Waals surface area contributed by atoms with Crippen LogP contribution in [-0.4, -0.2) is 36.6 Å². The van der Waals surface area contributed by atoms with Crippen molar-refractivity contribution in [3.05, 3.63) is 0 Å². The van der Waals surface area contributed by atoms with E-state index < -0.39 is 0 Å². The summed E-state index contributed by atoms with van der Waals surface area (Å²) >= 11 is 0. The molecular formula is C14H26N2. The standard InChI is InChI=1S/C14H26N2/c1-2-10-16-11-8-13(14(16)6-1)15-9-7-12-4-3-5-12/h12-15H,1-11H2. The predicted octanol–water partition coefficient (Wildman–Crippen LogP) is 2.39. The molecule has 16 heavy (non-hydrogen) atoms. The number of nitrogens with zero attached hydrogens (tertiary/aromatic N) is 1. The first-order valence-corrected chi connectivity index (χ1v) is 7.41. The van der Waals surface area contributed by atoms with Crippen molar-refractivity contribution in [1.82, 2.24) is 10.2 Å². The molecule has 2 atom stereocenters. The molecule has 0 bridgehead atoms. The second kappa shape index (κ2) is 5.05. The average Bonchev–Trinajstić information content (AvgIpc) is 2.65. The third-order valence-corrected chi connectivity index (χ3v) is 5.04. The second-order valence-electron chi connectivity index (χ2n) is 6.03. The van der Waals surface area contributed by atoms with Crippen LogP contribution in [0.5, 0.6) is 0 Å². The van der Waals surface area contributed by atoms with E-state index in [1.807, 2.05) is 0 Å². The Labute approximate surface area is 99.8 Å². The summed E-state index contributed by atoms with van der Waals surface area (Å²) in [6.07, 6.45) is 11.7. The van der Waals surface area contributed by atoms with Crippen LogP contribution in [0.4, 0.5) is 0 Å². The Hall–Kier alpha value is -0.0800. The summed E-state index contributed by atoms with van der Waals surface area (Å²) < 4.78 is 0. The summed E-state index contributed by atoms with van der Waals surface area (Å²) in [5, 5.41) is 3.84. The fourth-order valence-corrected chi connectivity index (χ4v) is 3.74. The Morgan fingerprint density at radius 1 is 0.938 bits per heavy atom. The van der Waals surface area contributed by atoms with Crippen molar-refractivity contribution >= 4 is 0 Å². The molecule has 2 heteroatoms. The zero-order chi connectivity index (χ0) is 10.8. The van der Waals surface area contributed by atoms with Crippen LogP contribution in [0, 0.1) is 5.92 Å². The van der Waals surface area contributed by atoms with Gasteiger partial charge in [0.05, 0.1) is 0 Å². The van der Waals surface area contributed by atoms with Crippen molar-refractivity contribution < 1.29 is 0 Å². The van der Waals surface area contributed by atoms with Crippen LogP contribution in [-0.2, 0) is 0 Å². The van der Waals surface area contributed by atoms with E-state index in [4.69, 9.17) is 0 Å². The highest BCUT2D eigenvalue weighted by atomic mass is 15.2. The molecule has 0 radical (unpaired) electrons. The summed E-state index contributed by atoms with van der Waals surface area (Å²) in [6.45, 7) is 4.00. The van der Waals surface area contributed by atoms with Gasteiger partial charge in [-0.3, -0.25) is 4.90 Å². The van der Waals surface area contributed by atoms with Crippen molar-refractivity contribution in [1.29, 1.82) is 0 Å². The van der Waals surface area contributed by atoms with Crippen LogP contribution in [0.1, 0.15) is 51.4 Å². The van der Waals surface area contributed by atoms with Gasteiger partial charge in [-0.15, -0.1) is 0 Å². The van der Waals surface area contributed by atoms with Gasteiger partial charge in [0.1, 0.15) is 0 Å². The van der Waals surface area contributed by atoms with E-state index >= 15 is 0 Å². The largest absolute Gasteiger partial charge is 0.312 e. The van der Waals surface area contributed by atoms with Crippen molar-refractivity contribution in [3.63, 3.8) is 0 Å². The lowest BCUT2D eigenvalue weighted by Gasteiger charge is -2.33. The SMILES string of the molecule is C1CC(CCNC2CCN3CCCCC23)C1. The van der Waals surface area contributed by atoms with E-state index in [1.165, 1.54) is 71.0 Å². The minimum Gasteiger partial charge on any atom is -0.312 e. The molecule has 0 spiro atoms. The Morgan fingerprint density at radius 3 is 2.69 bits per heavy atom. The molecule has 0 aromatic rings. The first-order valence-electron chi connectivity index (χ1n) is 7.41. The van der Waals surface area contributed by atoms with Gasteiger partial charge in [0.2, 0.25) is 0 Å². The predicted molar refractivity (Wildman–Crippen MR) is 67.6 cm³/mol. The second-order valence-corrected chi connectivity index (χ2v) is 6.03. The Kier molecular flexibility index (Phi) is 3.49. The van der Waals surface area contributed by atoms with Crippen molar-refractivity contribution in [2.24, 2.45) is 5.92 Å². The van der Waals surface area contributed by atoms with Crippen LogP contribution in [0.3, 0.4) is 0 Å². The monoisotopic (exact) mass is 222 g/mol. The maximum Gasteiger partial charge on any atom is 0.0249 e. The third kappa shape index (κ3) is 2.28. The first kappa shape index (κ1) is 11.0. The molecule has 0 aromatic heterocycles. The lowest BCUT2D eigenvalue weighted by Crippen LogP contribution is -2.45.